The maximum absolute atomic E-state index is 14.4. The molecule has 0 radical (unpaired) electrons. The van der Waals surface area contributed by atoms with Gasteiger partial charge in [-0.05, 0) is 13.1 Å². The van der Waals surface area contributed by atoms with Crippen LogP contribution >= 0.6 is 23.5 Å². The Morgan fingerprint density at radius 2 is 2.11 bits per heavy atom. The van der Waals surface area contributed by atoms with Gasteiger partial charge in [-0.15, -0.1) is 0 Å². The van der Waals surface area contributed by atoms with E-state index in [-0.39, 0.29) is 11.9 Å². The molecule has 0 spiro atoms. The van der Waals surface area contributed by atoms with Crippen molar-refractivity contribution in [1.29, 1.82) is 0 Å². The molecule has 0 saturated carbocycles. The zero-order chi connectivity index (χ0) is 13.8. The molecule has 3 atom stereocenters. The first-order chi connectivity index (χ1) is 9.19. The standard InChI is InChI=1S/C14H20FNOS2/c1-9-14(19-8-7-18-9)13(16-2)10-5-4-6-11(17-3)12(10)15/h4-6,9,13-14,16H,7-8H2,1-3H3. The Morgan fingerprint density at radius 3 is 2.74 bits per heavy atom. The van der Waals surface area contributed by atoms with Gasteiger partial charge < -0.3 is 10.1 Å². The summed E-state index contributed by atoms with van der Waals surface area (Å²) in [5.41, 5.74) is 0.703. The number of nitrogens with one attached hydrogen (secondary N) is 1. The van der Waals surface area contributed by atoms with E-state index in [4.69, 9.17) is 4.74 Å². The molecular weight excluding hydrogens is 281 g/mol. The molecule has 1 aliphatic heterocycles. The van der Waals surface area contributed by atoms with Gasteiger partial charge in [-0.2, -0.15) is 23.5 Å². The lowest BCUT2D eigenvalue weighted by molar-refractivity contribution is 0.379. The van der Waals surface area contributed by atoms with Crippen LogP contribution in [0.2, 0.25) is 0 Å². The molecule has 1 heterocycles. The molecule has 1 saturated heterocycles. The summed E-state index contributed by atoms with van der Waals surface area (Å²) in [6.07, 6.45) is 0. The van der Waals surface area contributed by atoms with E-state index in [0.717, 1.165) is 5.75 Å². The van der Waals surface area contributed by atoms with Gasteiger partial charge >= 0.3 is 0 Å². The molecule has 1 N–H and O–H groups in total. The molecule has 0 aromatic heterocycles. The van der Waals surface area contributed by atoms with E-state index in [1.165, 1.54) is 12.9 Å². The van der Waals surface area contributed by atoms with Crippen LogP contribution in [0.5, 0.6) is 5.75 Å². The van der Waals surface area contributed by atoms with E-state index in [0.29, 0.717) is 21.8 Å². The van der Waals surface area contributed by atoms with Gasteiger partial charge in [-0.3, -0.25) is 0 Å². The van der Waals surface area contributed by atoms with Crippen LogP contribution in [0.25, 0.3) is 0 Å². The van der Waals surface area contributed by atoms with Crippen LogP contribution in [0.3, 0.4) is 0 Å². The van der Waals surface area contributed by atoms with E-state index < -0.39 is 0 Å². The van der Waals surface area contributed by atoms with Crippen molar-refractivity contribution < 1.29 is 9.13 Å². The quantitative estimate of drug-likeness (QED) is 0.920. The summed E-state index contributed by atoms with van der Waals surface area (Å²) >= 11 is 3.90. The molecule has 1 aliphatic rings. The summed E-state index contributed by atoms with van der Waals surface area (Å²) in [5.74, 6) is 2.38. The fourth-order valence-electron chi connectivity index (χ4n) is 2.44. The third-order valence-electron chi connectivity index (χ3n) is 3.42. The van der Waals surface area contributed by atoms with Crippen molar-refractivity contribution in [2.45, 2.75) is 23.5 Å². The topological polar surface area (TPSA) is 21.3 Å². The molecule has 0 bridgehead atoms. The molecule has 106 valence electrons. The third kappa shape index (κ3) is 3.20. The van der Waals surface area contributed by atoms with Crippen molar-refractivity contribution in [3.63, 3.8) is 0 Å². The third-order valence-corrected chi connectivity index (χ3v) is 6.62. The molecule has 1 aromatic carbocycles. The van der Waals surface area contributed by atoms with Crippen molar-refractivity contribution in [3.8, 4) is 5.75 Å². The highest BCUT2D eigenvalue weighted by Crippen LogP contribution is 2.40. The largest absolute Gasteiger partial charge is 0.494 e. The zero-order valence-electron chi connectivity index (χ0n) is 11.5. The van der Waals surface area contributed by atoms with Crippen molar-refractivity contribution in [1.82, 2.24) is 5.32 Å². The van der Waals surface area contributed by atoms with E-state index >= 15 is 0 Å². The molecule has 1 aromatic rings. The van der Waals surface area contributed by atoms with E-state index in [1.54, 1.807) is 6.07 Å². The van der Waals surface area contributed by atoms with Crippen molar-refractivity contribution in [2.75, 3.05) is 25.7 Å². The second-order valence-electron chi connectivity index (χ2n) is 4.54. The summed E-state index contributed by atoms with van der Waals surface area (Å²) in [4.78, 5) is 0. The van der Waals surface area contributed by atoms with Crippen LogP contribution in [0.4, 0.5) is 4.39 Å². The number of methoxy groups -OCH3 is 1. The molecule has 5 heteroatoms. The number of benzene rings is 1. The highest BCUT2D eigenvalue weighted by molar-refractivity contribution is 8.07. The number of halogens is 1. The Morgan fingerprint density at radius 1 is 1.37 bits per heavy atom. The first-order valence-electron chi connectivity index (χ1n) is 6.42. The number of thioether (sulfide) groups is 2. The van der Waals surface area contributed by atoms with E-state index in [1.807, 2.05) is 42.7 Å². The van der Waals surface area contributed by atoms with E-state index in [9.17, 15) is 4.39 Å². The number of rotatable bonds is 4. The van der Waals surface area contributed by atoms with Crippen LogP contribution < -0.4 is 10.1 Å². The average molecular weight is 301 g/mol. The summed E-state index contributed by atoms with van der Waals surface area (Å²) in [6.45, 7) is 2.23. The lowest BCUT2D eigenvalue weighted by atomic mass is 10.0. The van der Waals surface area contributed by atoms with Crippen LogP contribution in [-0.2, 0) is 0 Å². The lowest BCUT2D eigenvalue weighted by Gasteiger charge is -2.34. The molecule has 19 heavy (non-hydrogen) atoms. The maximum atomic E-state index is 14.4. The Bertz CT molecular complexity index is 430. The molecule has 0 amide bonds. The van der Waals surface area contributed by atoms with Crippen molar-refractivity contribution >= 4 is 23.5 Å². The van der Waals surface area contributed by atoms with Crippen LogP contribution in [0, 0.1) is 5.82 Å². The molecule has 3 unspecified atom stereocenters. The highest BCUT2D eigenvalue weighted by atomic mass is 32.2. The molecular formula is C14H20FNOS2. The first-order valence-corrected chi connectivity index (χ1v) is 8.51. The Kier molecular flexibility index (Phi) is 5.42. The second kappa shape index (κ2) is 6.86. The number of hydrogen-bond donors (Lipinski definition) is 1. The predicted octanol–water partition coefficient (Wildman–Crippen LogP) is 3.33. The summed E-state index contributed by atoms with van der Waals surface area (Å²) < 4.78 is 19.5. The van der Waals surface area contributed by atoms with Crippen LogP contribution in [0.15, 0.2) is 18.2 Å². The zero-order valence-corrected chi connectivity index (χ0v) is 13.1. The molecule has 0 aliphatic carbocycles. The van der Waals surface area contributed by atoms with Gasteiger partial charge in [0.05, 0.1) is 7.11 Å². The minimum atomic E-state index is -0.243. The highest BCUT2D eigenvalue weighted by Gasteiger charge is 2.32. The number of ether oxygens (including phenoxy) is 1. The van der Waals surface area contributed by atoms with Gasteiger partial charge in [0.25, 0.3) is 0 Å². The Hall–Kier alpha value is -0.390. The van der Waals surface area contributed by atoms with Crippen LogP contribution in [0.1, 0.15) is 18.5 Å². The SMILES string of the molecule is CNC(c1cccc(OC)c1F)C1SCCSC1C. The van der Waals surface area contributed by atoms with Gasteiger partial charge in [0, 0.05) is 33.6 Å². The normalized spacial score (nSPS) is 25.1. The Balaban J connectivity index is 2.31. The summed E-state index contributed by atoms with van der Waals surface area (Å²) in [5, 5.41) is 4.18. The average Bonchev–Trinajstić information content (AvgIpc) is 2.43. The van der Waals surface area contributed by atoms with Crippen molar-refractivity contribution in [3.05, 3.63) is 29.6 Å². The minimum Gasteiger partial charge on any atom is -0.494 e. The van der Waals surface area contributed by atoms with E-state index in [2.05, 4.69) is 12.2 Å². The molecule has 1 fully saturated rings. The van der Waals surface area contributed by atoms with Gasteiger partial charge in [0.15, 0.2) is 11.6 Å². The maximum Gasteiger partial charge on any atom is 0.169 e. The first kappa shape index (κ1) is 15.0. The Labute approximate surface area is 122 Å². The molecule has 2 rings (SSSR count). The fraction of sp³-hybridized carbons (Fsp3) is 0.571. The monoisotopic (exact) mass is 301 g/mol. The van der Waals surface area contributed by atoms with Gasteiger partial charge in [-0.1, -0.05) is 19.1 Å². The predicted molar refractivity (Wildman–Crippen MR) is 82.9 cm³/mol. The van der Waals surface area contributed by atoms with Crippen molar-refractivity contribution in [2.24, 2.45) is 0 Å². The van der Waals surface area contributed by atoms with Gasteiger partial charge in [0.2, 0.25) is 0 Å². The second-order valence-corrected chi connectivity index (χ2v) is 7.31. The minimum absolute atomic E-state index is 0.0166. The van der Waals surface area contributed by atoms with Gasteiger partial charge in [0.1, 0.15) is 0 Å². The smallest absolute Gasteiger partial charge is 0.169 e. The lowest BCUT2D eigenvalue weighted by Crippen LogP contribution is -2.36. The van der Waals surface area contributed by atoms with Crippen LogP contribution in [-0.4, -0.2) is 36.2 Å². The fourth-order valence-corrected chi connectivity index (χ4v) is 5.42. The van der Waals surface area contributed by atoms with Gasteiger partial charge in [-0.25, -0.2) is 4.39 Å². The number of hydrogen-bond acceptors (Lipinski definition) is 4. The molecule has 2 nitrogen and oxygen atoms in total. The summed E-state index contributed by atoms with van der Waals surface area (Å²) in [6, 6.07) is 5.39. The summed E-state index contributed by atoms with van der Waals surface area (Å²) in [7, 11) is 3.40.